The summed E-state index contributed by atoms with van der Waals surface area (Å²) in [7, 11) is 0. The van der Waals surface area contributed by atoms with Crippen LogP contribution in [0, 0.1) is 5.82 Å². The average Bonchev–Trinajstić information content (AvgIpc) is 2.30. The maximum atomic E-state index is 13.2. The summed E-state index contributed by atoms with van der Waals surface area (Å²) in [6.45, 7) is 3.57. The van der Waals surface area contributed by atoms with Gasteiger partial charge in [-0.25, -0.2) is 4.39 Å². The molecule has 0 fully saturated rings. The second-order valence-electron chi connectivity index (χ2n) is 4.06. The molecular formula is C12H15ClFNO2. The first-order valence-corrected chi connectivity index (χ1v) is 5.70. The number of carboxylic acid groups (broad SMARTS) is 1. The van der Waals surface area contributed by atoms with Crippen molar-refractivity contribution in [2.24, 2.45) is 0 Å². The van der Waals surface area contributed by atoms with E-state index < -0.39 is 17.3 Å². The molecule has 0 aliphatic carbocycles. The molecule has 0 heterocycles. The van der Waals surface area contributed by atoms with Crippen LogP contribution in [-0.4, -0.2) is 16.6 Å². The van der Waals surface area contributed by atoms with Crippen molar-refractivity contribution in [1.82, 2.24) is 5.32 Å². The number of hydrogen-bond donors (Lipinski definition) is 2. The van der Waals surface area contributed by atoms with E-state index in [4.69, 9.17) is 16.7 Å². The topological polar surface area (TPSA) is 49.3 Å². The highest BCUT2D eigenvalue weighted by Crippen LogP contribution is 2.20. The van der Waals surface area contributed by atoms with Gasteiger partial charge in [0.1, 0.15) is 11.4 Å². The van der Waals surface area contributed by atoms with Gasteiger partial charge in [0, 0.05) is 6.54 Å². The maximum Gasteiger partial charge on any atom is 0.323 e. The zero-order valence-corrected chi connectivity index (χ0v) is 10.5. The molecule has 1 aromatic carbocycles. The molecule has 0 saturated carbocycles. The van der Waals surface area contributed by atoms with Gasteiger partial charge >= 0.3 is 5.97 Å². The van der Waals surface area contributed by atoms with Gasteiger partial charge in [-0.15, -0.1) is 0 Å². The monoisotopic (exact) mass is 259 g/mol. The van der Waals surface area contributed by atoms with Gasteiger partial charge in [0.15, 0.2) is 0 Å². The second-order valence-corrected chi connectivity index (χ2v) is 4.44. The molecule has 0 amide bonds. The van der Waals surface area contributed by atoms with Crippen molar-refractivity contribution < 1.29 is 14.3 Å². The zero-order chi connectivity index (χ0) is 13.1. The smallest absolute Gasteiger partial charge is 0.323 e. The van der Waals surface area contributed by atoms with Crippen LogP contribution in [-0.2, 0) is 11.3 Å². The first-order chi connectivity index (χ1) is 7.90. The molecule has 5 heteroatoms. The molecule has 1 rings (SSSR count). The van der Waals surface area contributed by atoms with Crippen LogP contribution in [0.2, 0.25) is 5.02 Å². The van der Waals surface area contributed by atoms with Gasteiger partial charge in [-0.2, -0.15) is 0 Å². The Labute approximate surface area is 105 Å². The van der Waals surface area contributed by atoms with Crippen molar-refractivity contribution in [1.29, 1.82) is 0 Å². The second kappa shape index (κ2) is 5.47. The molecule has 0 bridgehead atoms. The van der Waals surface area contributed by atoms with Gasteiger partial charge in [0.2, 0.25) is 0 Å². The van der Waals surface area contributed by atoms with Crippen molar-refractivity contribution in [3.8, 4) is 0 Å². The van der Waals surface area contributed by atoms with Crippen molar-refractivity contribution in [2.45, 2.75) is 32.4 Å². The van der Waals surface area contributed by atoms with Crippen molar-refractivity contribution in [2.75, 3.05) is 0 Å². The lowest BCUT2D eigenvalue weighted by atomic mass is 9.99. The average molecular weight is 260 g/mol. The van der Waals surface area contributed by atoms with E-state index in [1.54, 1.807) is 26.0 Å². The number of aliphatic carboxylic acids is 1. The summed E-state index contributed by atoms with van der Waals surface area (Å²) in [6, 6.07) is 4.47. The summed E-state index contributed by atoms with van der Waals surface area (Å²) in [5, 5.41) is 12.0. The van der Waals surface area contributed by atoms with Gasteiger partial charge < -0.3 is 5.11 Å². The molecule has 17 heavy (non-hydrogen) atoms. The van der Waals surface area contributed by atoms with Crippen LogP contribution < -0.4 is 5.32 Å². The molecular weight excluding hydrogens is 245 g/mol. The van der Waals surface area contributed by atoms with Crippen LogP contribution in [0.15, 0.2) is 18.2 Å². The zero-order valence-electron chi connectivity index (χ0n) is 9.76. The van der Waals surface area contributed by atoms with E-state index in [9.17, 15) is 9.18 Å². The molecule has 0 spiro atoms. The Hall–Kier alpha value is -1.13. The molecule has 1 atom stereocenters. The van der Waals surface area contributed by atoms with Crippen LogP contribution >= 0.6 is 11.6 Å². The first-order valence-electron chi connectivity index (χ1n) is 5.32. The molecule has 0 radical (unpaired) electrons. The third-order valence-corrected chi connectivity index (χ3v) is 3.30. The predicted molar refractivity (Wildman–Crippen MR) is 64.6 cm³/mol. The maximum absolute atomic E-state index is 13.2. The highest BCUT2D eigenvalue weighted by molar-refractivity contribution is 6.31. The van der Waals surface area contributed by atoms with E-state index in [0.717, 1.165) is 0 Å². The normalized spacial score (nSPS) is 14.4. The van der Waals surface area contributed by atoms with E-state index >= 15 is 0 Å². The van der Waals surface area contributed by atoms with Crippen molar-refractivity contribution in [3.05, 3.63) is 34.6 Å². The Morgan fingerprint density at radius 3 is 2.76 bits per heavy atom. The fourth-order valence-corrected chi connectivity index (χ4v) is 1.52. The minimum atomic E-state index is -1.03. The molecule has 1 unspecified atom stereocenters. The van der Waals surface area contributed by atoms with Gasteiger partial charge in [-0.05, 0) is 25.0 Å². The predicted octanol–water partition coefficient (Wildman–Crippen LogP) is 2.82. The van der Waals surface area contributed by atoms with Gasteiger partial charge in [0.25, 0.3) is 0 Å². The summed E-state index contributed by atoms with van der Waals surface area (Å²) in [5.41, 5.74) is -0.483. The van der Waals surface area contributed by atoms with Crippen molar-refractivity contribution >= 4 is 17.6 Å². The lowest BCUT2D eigenvalue weighted by Crippen LogP contribution is -2.48. The Balaban J connectivity index is 2.80. The van der Waals surface area contributed by atoms with E-state index in [1.165, 1.54) is 6.07 Å². The lowest BCUT2D eigenvalue weighted by Gasteiger charge is -2.25. The Bertz CT molecular complexity index is 425. The van der Waals surface area contributed by atoms with Crippen molar-refractivity contribution in [3.63, 3.8) is 0 Å². The summed E-state index contributed by atoms with van der Waals surface area (Å²) in [5.74, 6) is -1.44. The highest BCUT2D eigenvalue weighted by Gasteiger charge is 2.30. The fraction of sp³-hybridized carbons (Fsp3) is 0.417. The molecule has 94 valence electrons. The number of benzene rings is 1. The van der Waals surface area contributed by atoms with E-state index in [1.807, 2.05) is 0 Å². The largest absolute Gasteiger partial charge is 0.480 e. The third kappa shape index (κ3) is 3.17. The summed E-state index contributed by atoms with van der Waals surface area (Å²) in [4.78, 5) is 11.1. The number of carboxylic acids is 1. The SMILES string of the molecule is CCC(C)(NCc1cccc(F)c1Cl)C(=O)O. The van der Waals surface area contributed by atoms with Crippen LogP contribution in [0.4, 0.5) is 4.39 Å². The standard InChI is InChI=1S/C12H15ClFNO2/c1-3-12(2,11(16)17)15-7-8-5-4-6-9(14)10(8)13/h4-6,15H,3,7H2,1-2H3,(H,16,17). The molecule has 0 aromatic heterocycles. The van der Waals surface area contributed by atoms with E-state index in [-0.39, 0.29) is 11.6 Å². The summed E-state index contributed by atoms with van der Waals surface area (Å²) in [6.07, 6.45) is 0.426. The van der Waals surface area contributed by atoms with Crippen LogP contribution in [0.5, 0.6) is 0 Å². The first kappa shape index (κ1) is 13.9. The van der Waals surface area contributed by atoms with Gasteiger partial charge in [-0.3, -0.25) is 10.1 Å². The molecule has 0 aliphatic rings. The molecule has 2 N–H and O–H groups in total. The Morgan fingerprint density at radius 1 is 1.59 bits per heavy atom. The number of halogens is 2. The number of hydrogen-bond acceptors (Lipinski definition) is 2. The van der Waals surface area contributed by atoms with E-state index in [2.05, 4.69) is 5.32 Å². The van der Waals surface area contributed by atoms with Crippen LogP contribution in [0.1, 0.15) is 25.8 Å². The molecule has 0 aliphatic heterocycles. The third-order valence-electron chi connectivity index (χ3n) is 2.88. The summed E-state index contributed by atoms with van der Waals surface area (Å²) < 4.78 is 13.2. The molecule has 1 aromatic rings. The quantitative estimate of drug-likeness (QED) is 0.855. The van der Waals surface area contributed by atoms with Gasteiger partial charge in [-0.1, -0.05) is 30.7 Å². The minimum absolute atomic E-state index is 0.0313. The van der Waals surface area contributed by atoms with Crippen LogP contribution in [0.25, 0.3) is 0 Å². The summed E-state index contributed by atoms with van der Waals surface area (Å²) >= 11 is 5.78. The van der Waals surface area contributed by atoms with Crippen LogP contribution in [0.3, 0.4) is 0 Å². The molecule has 0 saturated heterocycles. The highest BCUT2D eigenvalue weighted by atomic mass is 35.5. The Morgan fingerprint density at radius 2 is 2.24 bits per heavy atom. The Kier molecular flexibility index (Phi) is 4.48. The fourth-order valence-electron chi connectivity index (χ4n) is 1.33. The number of carbonyl (C=O) groups is 1. The minimum Gasteiger partial charge on any atom is -0.480 e. The van der Waals surface area contributed by atoms with E-state index in [0.29, 0.717) is 12.0 Å². The number of nitrogens with one attached hydrogen (secondary N) is 1. The lowest BCUT2D eigenvalue weighted by molar-refractivity contribution is -0.144. The van der Waals surface area contributed by atoms with Gasteiger partial charge in [0.05, 0.1) is 5.02 Å². The number of rotatable bonds is 5. The molecule has 3 nitrogen and oxygen atoms in total.